The Morgan fingerprint density at radius 1 is 0.634 bits per heavy atom. The third-order valence-electron chi connectivity index (χ3n) is 6.30. The average Bonchev–Trinajstić information content (AvgIpc) is 3.44. The Hall–Kier alpha value is -4.16. The summed E-state index contributed by atoms with van der Waals surface area (Å²) in [4.78, 5) is 27.4. The maximum atomic E-state index is 14.5. The minimum absolute atomic E-state index is 0.0242. The second kappa shape index (κ2) is 10.3. The second-order valence-electron chi connectivity index (χ2n) is 8.85. The average molecular weight is 613 g/mol. The number of rotatable bonds is 5. The molecule has 212 valence electrons. The van der Waals surface area contributed by atoms with Gasteiger partial charge in [0.15, 0.2) is 0 Å². The van der Waals surface area contributed by atoms with Crippen molar-refractivity contribution < 1.29 is 26.3 Å². The molecule has 0 aliphatic carbocycles. The normalized spacial score (nSPS) is 12.3. The maximum absolute atomic E-state index is 14.5. The van der Waals surface area contributed by atoms with E-state index in [0.717, 1.165) is 12.1 Å². The van der Waals surface area contributed by atoms with E-state index < -0.39 is 51.9 Å². The lowest BCUT2D eigenvalue weighted by molar-refractivity contribution is -0.142. The zero-order valence-electron chi connectivity index (χ0n) is 20.3. The van der Waals surface area contributed by atoms with Gasteiger partial charge in [-0.25, -0.2) is 9.36 Å². The fraction of sp³-hybridized carbons (Fsp3) is 0.111. The molecule has 0 saturated carbocycles. The summed E-state index contributed by atoms with van der Waals surface area (Å²) in [5.41, 5.74) is -8.72. The van der Waals surface area contributed by atoms with Crippen LogP contribution in [0.2, 0.25) is 10.0 Å². The van der Waals surface area contributed by atoms with Crippen molar-refractivity contribution in [1.29, 1.82) is 0 Å². The van der Waals surface area contributed by atoms with Crippen LogP contribution in [0, 0.1) is 0 Å². The first-order chi connectivity index (χ1) is 19.3. The minimum atomic E-state index is -5.25. The third-order valence-corrected chi connectivity index (χ3v) is 6.86. The number of hydrogen-bond donors (Lipinski definition) is 2. The Labute approximate surface area is 236 Å². The van der Waals surface area contributed by atoms with Crippen molar-refractivity contribution in [2.45, 2.75) is 18.3 Å². The summed E-state index contributed by atoms with van der Waals surface area (Å²) >= 11 is 12.3. The van der Waals surface area contributed by atoms with Crippen molar-refractivity contribution in [3.63, 3.8) is 0 Å². The number of aromatic nitrogens is 4. The van der Waals surface area contributed by atoms with Crippen LogP contribution >= 0.6 is 23.2 Å². The van der Waals surface area contributed by atoms with Gasteiger partial charge in [0.2, 0.25) is 0 Å². The van der Waals surface area contributed by atoms with Crippen molar-refractivity contribution in [3.05, 3.63) is 138 Å². The van der Waals surface area contributed by atoms with Gasteiger partial charge < -0.3 is 0 Å². The Morgan fingerprint density at radius 2 is 1.05 bits per heavy atom. The minimum Gasteiger partial charge on any atom is -0.286 e. The largest absolute Gasteiger partial charge is 0.433 e. The van der Waals surface area contributed by atoms with E-state index in [1.807, 2.05) is 10.2 Å². The molecule has 0 spiro atoms. The molecule has 0 atom stereocenters. The summed E-state index contributed by atoms with van der Waals surface area (Å²) in [6.45, 7) is 0. The van der Waals surface area contributed by atoms with E-state index in [0.29, 0.717) is 9.36 Å². The lowest BCUT2D eigenvalue weighted by Gasteiger charge is -2.20. The first-order valence-corrected chi connectivity index (χ1v) is 12.4. The van der Waals surface area contributed by atoms with E-state index in [9.17, 15) is 35.9 Å². The zero-order chi connectivity index (χ0) is 29.7. The number of para-hydroxylation sites is 2. The van der Waals surface area contributed by atoms with E-state index in [1.165, 1.54) is 54.6 Å². The molecule has 2 aromatic heterocycles. The van der Waals surface area contributed by atoms with Crippen LogP contribution in [0.1, 0.15) is 34.0 Å². The van der Waals surface area contributed by atoms with Crippen LogP contribution in [-0.4, -0.2) is 19.6 Å². The number of benzene rings is 3. The monoisotopic (exact) mass is 612 g/mol. The maximum Gasteiger partial charge on any atom is 0.433 e. The lowest BCUT2D eigenvalue weighted by Crippen LogP contribution is -2.27. The molecule has 0 aliphatic heterocycles. The highest BCUT2D eigenvalue weighted by atomic mass is 35.5. The summed E-state index contributed by atoms with van der Waals surface area (Å²) in [6.07, 6.45) is -10.5. The predicted octanol–water partition coefficient (Wildman–Crippen LogP) is 7.17. The molecule has 0 fully saturated rings. The van der Waals surface area contributed by atoms with Crippen LogP contribution in [-0.2, 0) is 12.4 Å². The molecule has 0 unspecified atom stereocenters. The number of H-pyrrole nitrogens is 2. The molecule has 5 aromatic rings. The molecule has 0 radical (unpaired) electrons. The van der Waals surface area contributed by atoms with E-state index in [2.05, 4.69) is 0 Å². The van der Waals surface area contributed by atoms with Crippen LogP contribution in [0.25, 0.3) is 11.4 Å². The number of nitrogens with zero attached hydrogens (tertiary/aromatic N) is 2. The molecule has 0 aliphatic rings. The summed E-state index contributed by atoms with van der Waals surface area (Å²) in [5, 5.41) is 3.63. The van der Waals surface area contributed by atoms with Gasteiger partial charge >= 0.3 is 12.4 Å². The van der Waals surface area contributed by atoms with Crippen LogP contribution in [0.4, 0.5) is 26.3 Å². The Kier molecular flexibility index (Phi) is 7.16. The molecular formula is C27H16Cl2F6N4O2. The molecule has 2 heterocycles. The van der Waals surface area contributed by atoms with Crippen molar-refractivity contribution in [2.75, 3.05) is 0 Å². The van der Waals surface area contributed by atoms with E-state index in [4.69, 9.17) is 23.2 Å². The van der Waals surface area contributed by atoms with Crippen LogP contribution < -0.4 is 11.1 Å². The van der Waals surface area contributed by atoms with E-state index in [1.54, 1.807) is 12.1 Å². The smallest absolute Gasteiger partial charge is 0.286 e. The van der Waals surface area contributed by atoms with E-state index in [-0.39, 0.29) is 27.0 Å². The molecule has 41 heavy (non-hydrogen) atoms. The van der Waals surface area contributed by atoms with Gasteiger partial charge in [0.05, 0.1) is 28.4 Å². The predicted molar refractivity (Wildman–Crippen MR) is 140 cm³/mol. The first-order valence-electron chi connectivity index (χ1n) is 11.7. The van der Waals surface area contributed by atoms with Gasteiger partial charge in [-0.15, -0.1) is 0 Å². The van der Waals surface area contributed by atoms with E-state index >= 15 is 0 Å². The van der Waals surface area contributed by atoms with Gasteiger partial charge in [-0.2, -0.15) is 26.3 Å². The van der Waals surface area contributed by atoms with Gasteiger partial charge in [0, 0.05) is 10.0 Å². The molecular weight excluding hydrogens is 597 g/mol. The molecule has 0 amide bonds. The summed E-state index contributed by atoms with van der Waals surface area (Å²) in [7, 11) is 0. The summed E-state index contributed by atoms with van der Waals surface area (Å²) in [6, 6.07) is 17.6. The van der Waals surface area contributed by atoms with Gasteiger partial charge in [0.1, 0.15) is 11.4 Å². The highest BCUT2D eigenvalue weighted by Crippen LogP contribution is 2.44. The molecule has 0 bridgehead atoms. The molecule has 0 saturated heterocycles. The SMILES string of the molecule is O=c1c(C(c2ccc(Cl)cc2Cl)c2c(C(F)(F)F)[nH]n(-c3ccccc3)c2=O)c(C(F)(F)F)[nH]n1-c1ccccc1. The standard InChI is InChI=1S/C27H16Cl2F6N4O2/c28-14-11-12-17(18(29)13-14)19(20-22(26(30,31)32)36-38(24(20)40)15-7-3-1-4-8-15)21-23(27(33,34)35)37-39(25(21)41)16-9-5-2-6-10-16/h1-13,19,36-37H. The quantitative estimate of drug-likeness (QED) is 0.206. The fourth-order valence-electron chi connectivity index (χ4n) is 4.58. The molecule has 2 N–H and O–H groups in total. The second-order valence-corrected chi connectivity index (χ2v) is 9.69. The van der Waals surface area contributed by atoms with Crippen molar-refractivity contribution in [3.8, 4) is 11.4 Å². The fourth-order valence-corrected chi connectivity index (χ4v) is 5.09. The van der Waals surface area contributed by atoms with Gasteiger partial charge in [0.25, 0.3) is 11.1 Å². The Balaban J connectivity index is 1.94. The molecule has 14 heteroatoms. The Morgan fingerprint density at radius 3 is 1.41 bits per heavy atom. The number of alkyl halides is 6. The van der Waals surface area contributed by atoms with Crippen LogP contribution in [0.3, 0.4) is 0 Å². The van der Waals surface area contributed by atoms with Crippen molar-refractivity contribution in [1.82, 2.24) is 19.6 Å². The molecule has 3 aromatic carbocycles. The highest BCUT2D eigenvalue weighted by Gasteiger charge is 2.47. The molecule has 5 rings (SSSR count). The third kappa shape index (κ3) is 5.20. The van der Waals surface area contributed by atoms with Gasteiger partial charge in [-0.05, 0) is 42.0 Å². The zero-order valence-corrected chi connectivity index (χ0v) is 21.8. The van der Waals surface area contributed by atoms with Gasteiger partial charge in [-0.3, -0.25) is 19.8 Å². The number of aromatic amines is 2. The number of hydrogen-bond acceptors (Lipinski definition) is 2. The van der Waals surface area contributed by atoms with Crippen LogP contribution in [0.15, 0.2) is 88.5 Å². The number of halogens is 8. The van der Waals surface area contributed by atoms with Crippen molar-refractivity contribution >= 4 is 23.2 Å². The van der Waals surface area contributed by atoms with Gasteiger partial charge in [-0.1, -0.05) is 65.7 Å². The lowest BCUT2D eigenvalue weighted by atomic mass is 9.84. The molecule has 6 nitrogen and oxygen atoms in total. The summed E-state index contributed by atoms with van der Waals surface area (Å²) < 4.78 is 87.9. The first kappa shape index (κ1) is 28.4. The highest BCUT2D eigenvalue weighted by molar-refractivity contribution is 6.35. The van der Waals surface area contributed by atoms with Crippen molar-refractivity contribution in [2.24, 2.45) is 0 Å². The summed E-state index contributed by atoms with van der Waals surface area (Å²) in [5.74, 6) is -2.23. The Bertz CT molecular complexity index is 1730. The van der Waals surface area contributed by atoms with Crippen LogP contribution in [0.5, 0.6) is 0 Å². The topological polar surface area (TPSA) is 75.6 Å². The number of nitrogens with one attached hydrogen (secondary N) is 2.